The molecule has 9 heteroatoms. The molecule has 2 heterocycles. The summed E-state index contributed by atoms with van der Waals surface area (Å²) in [6, 6.07) is 7.90. The van der Waals surface area contributed by atoms with Crippen LogP contribution in [-0.2, 0) is 21.1 Å². The maximum absolute atomic E-state index is 12.9. The topological polar surface area (TPSA) is 100 Å². The molecule has 0 spiro atoms. The molecule has 0 radical (unpaired) electrons. The van der Waals surface area contributed by atoms with E-state index in [1.165, 1.54) is 29.1 Å². The minimum absolute atomic E-state index is 0.166. The van der Waals surface area contributed by atoms with Crippen LogP contribution in [0.25, 0.3) is 11.0 Å². The SMILES string of the molecule is CC(C)(C)OC(=O)n1c(=O)n(Cc2ccc(S(C)(=O)=O)cc2)c2ccncc21. The number of imidazole rings is 1. The van der Waals surface area contributed by atoms with E-state index in [0.717, 1.165) is 16.4 Å². The van der Waals surface area contributed by atoms with Crippen LogP contribution < -0.4 is 5.69 Å². The lowest BCUT2D eigenvalue weighted by Gasteiger charge is -2.19. The van der Waals surface area contributed by atoms with Gasteiger partial charge in [0.15, 0.2) is 9.84 Å². The predicted molar refractivity (Wildman–Crippen MR) is 104 cm³/mol. The van der Waals surface area contributed by atoms with Crippen molar-refractivity contribution in [2.75, 3.05) is 6.26 Å². The molecule has 0 amide bonds. The molecule has 0 aliphatic heterocycles. The fourth-order valence-electron chi connectivity index (χ4n) is 2.77. The highest BCUT2D eigenvalue weighted by atomic mass is 32.2. The zero-order chi connectivity index (χ0) is 20.7. The summed E-state index contributed by atoms with van der Waals surface area (Å²) in [6.07, 6.45) is 3.32. The normalized spacial score (nSPS) is 12.3. The molecule has 0 bridgehead atoms. The highest BCUT2D eigenvalue weighted by molar-refractivity contribution is 7.90. The third kappa shape index (κ3) is 3.99. The van der Waals surface area contributed by atoms with Gasteiger partial charge in [-0.15, -0.1) is 0 Å². The van der Waals surface area contributed by atoms with E-state index in [9.17, 15) is 18.0 Å². The largest absolute Gasteiger partial charge is 0.443 e. The number of fused-ring (bicyclic) bond motifs is 1. The molecule has 3 aromatic rings. The van der Waals surface area contributed by atoms with E-state index in [2.05, 4.69) is 4.98 Å². The molecule has 0 unspecified atom stereocenters. The number of carbonyl (C=O) groups is 1. The summed E-state index contributed by atoms with van der Waals surface area (Å²) in [5, 5.41) is 0. The molecule has 0 aliphatic carbocycles. The molecular formula is C19H21N3O5S. The van der Waals surface area contributed by atoms with Gasteiger partial charge < -0.3 is 4.74 Å². The molecule has 0 fully saturated rings. The highest BCUT2D eigenvalue weighted by Crippen LogP contribution is 2.17. The molecular weight excluding hydrogens is 382 g/mol. The number of pyridine rings is 1. The van der Waals surface area contributed by atoms with Gasteiger partial charge in [0.1, 0.15) is 5.60 Å². The molecule has 8 nitrogen and oxygen atoms in total. The quantitative estimate of drug-likeness (QED) is 0.666. The van der Waals surface area contributed by atoms with E-state index in [1.54, 1.807) is 39.0 Å². The first-order valence-corrected chi connectivity index (χ1v) is 10.4. The standard InChI is InChI=1S/C19H21N3O5S/c1-19(2,3)27-18(24)22-16-11-20-10-9-15(16)21(17(22)23)12-13-5-7-14(8-6-13)28(4,25)26/h5-11H,12H2,1-4H3. The summed E-state index contributed by atoms with van der Waals surface area (Å²) in [5.41, 5.74) is 0.279. The van der Waals surface area contributed by atoms with Gasteiger partial charge in [0.2, 0.25) is 0 Å². The first-order chi connectivity index (χ1) is 13.0. The van der Waals surface area contributed by atoms with Crippen molar-refractivity contribution in [2.24, 2.45) is 0 Å². The number of benzene rings is 1. The Morgan fingerprint density at radius 2 is 1.75 bits per heavy atom. The lowest BCUT2D eigenvalue weighted by Crippen LogP contribution is -2.34. The maximum atomic E-state index is 12.9. The first kappa shape index (κ1) is 19.8. The zero-order valence-electron chi connectivity index (χ0n) is 16.0. The van der Waals surface area contributed by atoms with E-state index in [1.807, 2.05) is 0 Å². The van der Waals surface area contributed by atoms with Gasteiger partial charge in [0, 0.05) is 12.5 Å². The summed E-state index contributed by atoms with van der Waals surface area (Å²) >= 11 is 0. The average molecular weight is 403 g/mol. The smallest absolute Gasteiger partial charge is 0.423 e. The van der Waals surface area contributed by atoms with Crippen LogP contribution in [0, 0.1) is 0 Å². The van der Waals surface area contributed by atoms with Crippen LogP contribution in [0.15, 0.2) is 52.4 Å². The number of rotatable bonds is 3. The Hall–Kier alpha value is -2.94. The Morgan fingerprint density at radius 3 is 2.32 bits per heavy atom. The Balaban J connectivity index is 2.06. The first-order valence-electron chi connectivity index (χ1n) is 8.55. The second-order valence-corrected chi connectivity index (χ2v) is 9.48. The predicted octanol–water partition coefficient (Wildman–Crippen LogP) is 2.43. The Morgan fingerprint density at radius 1 is 1.11 bits per heavy atom. The third-order valence-corrected chi connectivity index (χ3v) is 5.13. The van der Waals surface area contributed by atoms with Gasteiger partial charge in [-0.25, -0.2) is 18.0 Å². The summed E-state index contributed by atoms with van der Waals surface area (Å²) in [7, 11) is -3.30. The van der Waals surface area contributed by atoms with Crippen molar-refractivity contribution < 1.29 is 17.9 Å². The summed E-state index contributed by atoms with van der Waals surface area (Å²) in [6.45, 7) is 5.32. The van der Waals surface area contributed by atoms with Gasteiger partial charge in [-0.2, -0.15) is 4.57 Å². The number of sulfone groups is 1. The number of hydrogen-bond acceptors (Lipinski definition) is 6. The Kier molecular flexibility index (Phi) is 4.88. The molecule has 0 atom stereocenters. The average Bonchev–Trinajstić information content (AvgIpc) is 2.85. The Bertz CT molecular complexity index is 1200. The summed E-state index contributed by atoms with van der Waals surface area (Å²) in [5.74, 6) is 0. The van der Waals surface area contributed by atoms with E-state index < -0.39 is 27.2 Å². The molecule has 0 saturated carbocycles. The van der Waals surface area contributed by atoms with E-state index in [0.29, 0.717) is 11.0 Å². The minimum Gasteiger partial charge on any atom is -0.443 e. The lowest BCUT2D eigenvalue weighted by molar-refractivity contribution is 0.0537. The molecule has 1 aromatic carbocycles. The molecule has 0 N–H and O–H groups in total. The second kappa shape index (κ2) is 6.90. The molecule has 3 rings (SSSR count). The van der Waals surface area contributed by atoms with E-state index >= 15 is 0 Å². The van der Waals surface area contributed by atoms with Crippen LogP contribution in [0.1, 0.15) is 26.3 Å². The lowest BCUT2D eigenvalue weighted by atomic mass is 10.2. The Labute approximate surface area is 162 Å². The number of aromatic nitrogens is 3. The van der Waals surface area contributed by atoms with Crippen LogP contribution >= 0.6 is 0 Å². The number of nitrogens with zero attached hydrogens (tertiary/aromatic N) is 3. The fourth-order valence-corrected chi connectivity index (χ4v) is 3.40. The van der Waals surface area contributed by atoms with E-state index in [-0.39, 0.29) is 11.4 Å². The van der Waals surface area contributed by atoms with Gasteiger partial charge in [-0.05, 0) is 44.5 Å². The van der Waals surface area contributed by atoms with Crippen LogP contribution in [-0.4, -0.2) is 40.5 Å². The van der Waals surface area contributed by atoms with Crippen molar-refractivity contribution in [1.29, 1.82) is 0 Å². The second-order valence-electron chi connectivity index (χ2n) is 7.46. The molecule has 2 aromatic heterocycles. The zero-order valence-corrected chi connectivity index (χ0v) is 16.9. The molecule has 0 saturated heterocycles. The third-order valence-electron chi connectivity index (χ3n) is 4.00. The van der Waals surface area contributed by atoms with Crippen LogP contribution in [0.2, 0.25) is 0 Å². The van der Waals surface area contributed by atoms with E-state index in [4.69, 9.17) is 4.74 Å². The van der Waals surface area contributed by atoms with Gasteiger partial charge in [0.05, 0.1) is 28.7 Å². The number of hydrogen-bond donors (Lipinski definition) is 0. The molecule has 28 heavy (non-hydrogen) atoms. The highest BCUT2D eigenvalue weighted by Gasteiger charge is 2.24. The summed E-state index contributed by atoms with van der Waals surface area (Å²) < 4.78 is 30.9. The summed E-state index contributed by atoms with van der Waals surface area (Å²) in [4.78, 5) is 29.7. The molecule has 0 aliphatic rings. The van der Waals surface area contributed by atoms with Crippen LogP contribution in [0.4, 0.5) is 4.79 Å². The van der Waals surface area contributed by atoms with Gasteiger partial charge >= 0.3 is 11.8 Å². The van der Waals surface area contributed by atoms with Crippen molar-refractivity contribution in [1.82, 2.24) is 14.1 Å². The minimum atomic E-state index is -3.30. The van der Waals surface area contributed by atoms with Crippen molar-refractivity contribution >= 4 is 27.0 Å². The number of carbonyl (C=O) groups excluding carboxylic acids is 1. The van der Waals surface area contributed by atoms with Gasteiger partial charge in [0.25, 0.3) is 0 Å². The maximum Gasteiger partial charge on any atom is 0.423 e. The van der Waals surface area contributed by atoms with Gasteiger partial charge in [-0.3, -0.25) is 9.55 Å². The molecule has 148 valence electrons. The van der Waals surface area contributed by atoms with Crippen molar-refractivity contribution in [2.45, 2.75) is 37.8 Å². The van der Waals surface area contributed by atoms with Gasteiger partial charge in [-0.1, -0.05) is 12.1 Å². The van der Waals surface area contributed by atoms with Crippen LogP contribution in [0.3, 0.4) is 0 Å². The number of ether oxygens (including phenoxy) is 1. The van der Waals surface area contributed by atoms with Crippen molar-refractivity contribution in [3.63, 3.8) is 0 Å². The van der Waals surface area contributed by atoms with Crippen molar-refractivity contribution in [3.8, 4) is 0 Å². The van der Waals surface area contributed by atoms with Crippen LogP contribution in [0.5, 0.6) is 0 Å². The van der Waals surface area contributed by atoms with Crippen molar-refractivity contribution in [3.05, 3.63) is 58.8 Å². The monoisotopic (exact) mass is 403 g/mol. The fraction of sp³-hybridized carbons (Fsp3) is 0.316.